The molecule has 0 unspecified atom stereocenters. The number of piperidine rings is 1. The second-order valence-corrected chi connectivity index (χ2v) is 23.5. The van der Waals surface area contributed by atoms with E-state index in [0.29, 0.717) is 115 Å². The zero-order valence-electron chi connectivity index (χ0n) is 54.2. The maximum absolute atomic E-state index is 14.4. The number of amides is 8. The SMILES string of the molecule is CCC(=O)NCCNC(=O)NC(N)=NCCC[C@@H](NC(=O)[C@H](c1ccccc1)c1ccc(NCCCNC(=O)[C@H](N)CCCNC(=O)CN2CCC(NC(=O)CN3CCN(CC(=O)O)CCN(CC(=O)O)CCN(CC(=O)O)CC3)CC2)cc1)C(=O)NCc1ccc(O)cc1. The van der Waals surface area contributed by atoms with Crippen molar-refractivity contribution in [2.45, 2.75) is 88.9 Å². The van der Waals surface area contributed by atoms with Gasteiger partial charge >= 0.3 is 23.9 Å². The number of hydrogen-bond donors (Lipinski definition) is 15. The Kier molecular flexibility index (Phi) is 34.2. The number of carbonyl (C=O) groups excluding carboxylic acids is 7. The van der Waals surface area contributed by atoms with Gasteiger partial charge in [-0.25, -0.2) is 4.79 Å². The number of hydrogen-bond acceptors (Lipinski definition) is 19. The van der Waals surface area contributed by atoms with Crippen molar-refractivity contribution in [2.24, 2.45) is 16.5 Å². The molecular formula is C64H97N17O14. The van der Waals surface area contributed by atoms with Gasteiger partial charge < -0.3 is 74.4 Å². The van der Waals surface area contributed by atoms with Crippen LogP contribution in [-0.2, 0) is 49.7 Å². The summed E-state index contributed by atoms with van der Waals surface area (Å²) in [5.74, 6) is -5.71. The Balaban J connectivity index is 1.00. The number of rotatable bonds is 36. The Morgan fingerprint density at radius 3 is 1.64 bits per heavy atom. The molecule has 0 bridgehead atoms. The van der Waals surface area contributed by atoms with Gasteiger partial charge in [0.15, 0.2) is 5.96 Å². The summed E-state index contributed by atoms with van der Waals surface area (Å²) in [5.41, 5.74) is 15.0. The van der Waals surface area contributed by atoms with Gasteiger partial charge in [-0.3, -0.25) is 78.0 Å². The van der Waals surface area contributed by atoms with Gasteiger partial charge in [0, 0.05) is 129 Å². The quantitative estimate of drug-likeness (QED) is 0.0178. The van der Waals surface area contributed by atoms with E-state index in [0.717, 1.165) is 11.3 Å². The fourth-order valence-electron chi connectivity index (χ4n) is 10.7. The Morgan fingerprint density at radius 1 is 0.537 bits per heavy atom. The molecule has 0 saturated carbocycles. The molecule has 2 heterocycles. The van der Waals surface area contributed by atoms with E-state index < -0.39 is 53.8 Å². The highest BCUT2D eigenvalue weighted by atomic mass is 16.4. The number of aromatic hydroxyl groups is 1. The number of carbonyl (C=O) groups is 10. The van der Waals surface area contributed by atoms with Gasteiger partial charge in [0.1, 0.15) is 11.8 Å². The third-order valence-electron chi connectivity index (χ3n) is 15.9. The maximum atomic E-state index is 14.4. The summed E-state index contributed by atoms with van der Waals surface area (Å²) in [6, 6.07) is 20.4. The fourth-order valence-corrected chi connectivity index (χ4v) is 10.7. The molecule has 0 spiro atoms. The van der Waals surface area contributed by atoms with E-state index in [9.17, 15) is 68.4 Å². The molecule has 2 aliphatic heterocycles. The zero-order chi connectivity index (χ0) is 68.9. The molecule has 522 valence electrons. The van der Waals surface area contributed by atoms with Crippen molar-refractivity contribution in [1.29, 1.82) is 0 Å². The Hall–Kier alpha value is -9.01. The van der Waals surface area contributed by atoms with Crippen LogP contribution < -0.4 is 59.3 Å². The highest BCUT2D eigenvalue weighted by molar-refractivity contribution is 5.95. The van der Waals surface area contributed by atoms with Gasteiger partial charge in [0.2, 0.25) is 35.4 Å². The second-order valence-electron chi connectivity index (χ2n) is 23.5. The van der Waals surface area contributed by atoms with E-state index >= 15 is 0 Å². The standard InChI is InChI=1S/C64H97N17O14/c1-2-53(83)69-27-28-72-64(95)76-63(66)71-24-7-12-52(61(93)73-39-45-13-19-50(82)20-14-45)75-62(94)59(46-9-4-3-5-10-46)47-15-17-48(18-16-47)67-25-8-26-70-60(92)51(65)11-6-23-68-54(84)40-77-29-21-49(22-30-77)74-55(85)41-78-31-33-79(42-56(86)87)35-37-81(44-58(90)91)38-36-80(34-32-78)43-57(88)89/h3-5,9-10,13-20,49,51-52,59,67,82H,2,6-8,11-12,21-44,65H2,1H3,(H,68,84)(H,69,83)(H,70,92)(H,73,93)(H,74,85)(H,75,94)(H,86,87)(H,88,89)(H,90,91)(H4,66,71,72,76,95)/t51-,52-,59-/m1/s1. The third-order valence-corrected chi connectivity index (χ3v) is 15.9. The number of anilines is 1. The summed E-state index contributed by atoms with van der Waals surface area (Å²) in [6.07, 6.45) is 3.41. The van der Waals surface area contributed by atoms with Crippen molar-refractivity contribution in [3.63, 3.8) is 0 Å². The molecule has 2 fully saturated rings. The largest absolute Gasteiger partial charge is 0.508 e. The molecule has 0 aromatic heterocycles. The summed E-state index contributed by atoms with van der Waals surface area (Å²) < 4.78 is 0. The number of carboxylic acid groups (broad SMARTS) is 3. The second kappa shape index (κ2) is 42.3. The van der Waals surface area contributed by atoms with Crippen LogP contribution in [0.2, 0.25) is 0 Å². The van der Waals surface area contributed by atoms with Crippen molar-refractivity contribution in [3.8, 4) is 5.75 Å². The summed E-state index contributed by atoms with van der Waals surface area (Å²) in [7, 11) is 0. The number of nitrogens with one attached hydrogen (secondary N) is 9. The number of benzene rings is 3. The molecule has 31 heteroatoms. The first-order chi connectivity index (χ1) is 45.6. The van der Waals surface area contributed by atoms with Gasteiger partial charge in [0.05, 0.1) is 44.7 Å². The van der Waals surface area contributed by atoms with E-state index in [1.807, 2.05) is 64.4 Å². The van der Waals surface area contributed by atoms with Gasteiger partial charge in [-0.1, -0.05) is 61.5 Å². The van der Waals surface area contributed by atoms with Crippen molar-refractivity contribution in [3.05, 3.63) is 95.6 Å². The molecule has 17 N–H and O–H groups in total. The van der Waals surface area contributed by atoms with Crippen LogP contribution in [-0.4, -0.2) is 266 Å². The number of carboxylic acids is 3. The van der Waals surface area contributed by atoms with Crippen molar-refractivity contribution in [1.82, 2.24) is 67.0 Å². The fraction of sp³-hybridized carbons (Fsp3) is 0.547. The molecule has 95 heavy (non-hydrogen) atoms. The van der Waals surface area contributed by atoms with Crippen LogP contribution in [0.4, 0.5) is 10.5 Å². The topological polar surface area (TPSA) is 440 Å². The lowest BCUT2D eigenvalue weighted by atomic mass is 9.90. The Bertz CT molecular complexity index is 2930. The molecule has 8 amide bonds. The zero-order valence-corrected chi connectivity index (χ0v) is 54.2. The van der Waals surface area contributed by atoms with Crippen LogP contribution in [0, 0.1) is 0 Å². The van der Waals surface area contributed by atoms with Gasteiger partial charge in [-0.05, 0) is 85.9 Å². The highest BCUT2D eigenvalue weighted by Gasteiger charge is 2.29. The van der Waals surface area contributed by atoms with Crippen molar-refractivity contribution >= 4 is 71.0 Å². The van der Waals surface area contributed by atoms with Gasteiger partial charge in [0.25, 0.3) is 0 Å². The van der Waals surface area contributed by atoms with Crippen LogP contribution in [0.3, 0.4) is 0 Å². The average molecular weight is 1330 g/mol. The minimum Gasteiger partial charge on any atom is -0.508 e. The Morgan fingerprint density at radius 2 is 1.06 bits per heavy atom. The Labute approximate surface area is 553 Å². The molecule has 0 aliphatic carbocycles. The molecule has 31 nitrogen and oxygen atoms in total. The first kappa shape index (κ1) is 76.7. The van der Waals surface area contributed by atoms with Crippen LogP contribution in [0.15, 0.2) is 83.9 Å². The van der Waals surface area contributed by atoms with E-state index in [-0.39, 0.29) is 133 Å². The average Bonchev–Trinajstić information content (AvgIpc) is 0.887. The number of nitrogens with two attached hydrogens (primary N) is 2. The third kappa shape index (κ3) is 31.2. The van der Waals surface area contributed by atoms with Crippen LogP contribution in [0.5, 0.6) is 5.75 Å². The van der Waals surface area contributed by atoms with E-state index in [2.05, 4.69) is 52.8 Å². The molecule has 3 aromatic rings. The predicted octanol–water partition coefficient (Wildman–Crippen LogP) is -1.56. The van der Waals surface area contributed by atoms with Crippen molar-refractivity contribution < 1.29 is 68.4 Å². The predicted molar refractivity (Wildman–Crippen MR) is 355 cm³/mol. The van der Waals surface area contributed by atoms with Crippen LogP contribution >= 0.6 is 0 Å². The number of phenolic OH excluding ortho intramolecular Hbond substituents is 1. The van der Waals surface area contributed by atoms with Crippen LogP contribution in [0.1, 0.15) is 80.9 Å². The first-order valence-corrected chi connectivity index (χ1v) is 32.4. The van der Waals surface area contributed by atoms with E-state index in [4.69, 9.17) is 11.5 Å². The minimum absolute atomic E-state index is 0.0101. The maximum Gasteiger partial charge on any atom is 0.321 e. The summed E-state index contributed by atoms with van der Waals surface area (Å²) in [5, 5.41) is 64.0. The highest BCUT2D eigenvalue weighted by Crippen LogP contribution is 2.27. The smallest absolute Gasteiger partial charge is 0.321 e. The molecule has 0 radical (unpaired) electrons. The summed E-state index contributed by atoms with van der Waals surface area (Å²) in [4.78, 5) is 139. The normalized spacial score (nSPS) is 16.0. The molecule has 2 saturated heterocycles. The van der Waals surface area contributed by atoms with E-state index in [1.54, 1.807) is 33.8 Å². The number of aliphatic imine (C=N–C) groups is 1. The monoisotopic (exact) mass is 1330 g/mol. The molecule has 3 aromatic carbocycles. The van der Waals surface area contributed by atoms with Gasteiger partial charge in [-0.15, -0.1) is 0 Å². The number of guanidine groups is 1. The summed E-state index contributed by atoms with van der Waals surface area (Å²) in [6.45, 7) is 6.44. The molecular weight excluding hydrogens is 1230 g/mol. The van der Waals surface area contributed by atoms with Gasteiger partial charge in [-0.2, -0.15) is 0 Å². The lowest BCUT2D eigenvalue weighted by molar-refractivity contribution is -0.140. The number of aliphatic carboxylic acids is 3. The first-order valence-electron chi connectivity index (χ1n) is 32.4. The minimum atomic E-state index is -1.04. The number of nitrogens with zero attached hydrogens (tertiary/aromatic N) is 6. The number of phenols is 1. The number of urea groups is 1. The molecule has 2 aliphatic rings. The molecule has 5 rings (SSSR count). The lowest BCUT2D eigenvalue weighted by Gasteiger charge is -2.34. The van der Waals surface area contributed by atoms with Crippen molar-refractivity contribution in [2.75, 3.05) is 143 Å². The van der Waals surface area contributed by atoms with Crippen LogP contribution in [0.25, 0.3) is 0 Å². The van der Waals surface area contributed by atoms with E-state index in [1.165, 1.54) is 12.1 Å². The molecule has 3 atom stereocenters. The number of likely N-dealkylation sites (tertiary alicyclic amines) is 1. The summed E-state index contributed by atoms with van der Waals surface area (Å²) >= 11 is 0. The lowest BCUT2D eigenvalue weighted by Crippen LogP contribution is -2.51.